The average molecular weight is 599 g/mol. The van der Waals surface area contributed by atoms with E-state index in [0.29, 0.717) is 34.1 Å². The van der Waals surface area contributed by atoms with Gasteiger partial charge in [0.1, 0.15) is 5.75 Å². The summed E-state index contributed by atoms with van der Waals surface area (Å²) in [5.41, 5.74) is 4.67. The second kappa shape index (κ2) is 14.1. The van der Waals surface area contributed by atoms with Crippen molar-refractivity contribution in [1.29, 1.82) is 0 Å². The van der Waals surface area contributed by atoms with Crippen LogP contribution in [-0.2, 0) is 26.1 Å². The van der Waals surface area contributed by atoms with Gasteiger partial charge in [0, 0.05) is 23.7 Å². The van der Waals surface area contributed by atoms with E-state index in [0.717, 1.165) is 31.3 Å². The van der Waals surface area contributed by atoms with Gasteiger partial charge < -0.3 is 14.8 Å². The number of hydrazone groups is 1. The Kier molecular flexibility index (Phi) is 10.3. The molecule has 0 aromatic heterocycles. The van der Waals surface area contributed by atoms with Gasteiger partial charge in [-0.2, -0.15) is 5.10 Å². The molecule has 3 aromatic carbocycles. The molecule has 0 unspecified atom stereocenters. The Hall–Kier alpha value is -3.93. The largest absolute Gasteiger partial charge is 0.484 e. The monoisotopic (exact) mass is 598 g/mol. The maximum atomic E-state index is 12.5. The Morgan fingerprint density at radius 3 is 2.41 bits per heavy atom. The van der Waals surface area contributed by atoms with Crippen molar-refractivity contribution in [3.63, 3.8) is 0 Å². The quantitative estimate of drug-likeness (QED) is 0.242. The van der Waals surface area contributed by atoms with Gasteiger partial charge in [-0.3, -0.25) is 13.9 Å². The Balaban J connectivity index is 1.26. The summed E-state index contributed by atoms with van der Waals surface area (Å²) >= 11 is 5.93. The average Bonchev–Trinajstić information content (AvgIpc) is 3.49. The summed E-state index contributed by atoms with van der Waals surface area (Å²) in [4.78, 5) is 24.5. The fourth-order valence-electron chi connectivity index (χ4n) is 4.05. The molecule has 216 valence electrons. The summed E-state index contributed by atoms with van der Waals surface area (Å²) in [5.74, 6) is -0.143. The standard InChI is InChI=1S/C29H31ClN4O6S/c1-41(37,38)34(19-22-4-10-24(30)11-5-22)25-12-8-23(9-13-25)29(36)33-32-17-21-6-14-26(15-7-21)40-20-28(35)31-18-27-3-2-16-39-27/h4-15,17,27H,2-3,16,18-20H2,1H3,(H,31,35)(H,33,36)/b32-17-/t27-/m1/s1. The summed E-state index contributed by atoms with van der Waals surface area (Å²) in [5, 5.41) is 7.35. The molecule has 0 saturated carbocycles. The molecule has 2 N–H and O–H groups in total. The smallest absolute Gasteiger partial charge is 0.271 e. The fourth-order valence-corrected chi connectivity index (χ4v) is 5.06. The van der Waals surface area contributed by atoms with E-state index in [1.54, 1.807) is 60.7 Å². The summed E-state index contributed by atoms with van der Waals surface area (Å²) in [6.07, 6.45) is 4.64. The molecule has 1 saturated heterocycles. The summed E-state index contributed by atoms with van der Waals surface area (Å²) in [6, 6.07) is 20.0. The van der Waals surface area contributed by atoms with Crippen LogP contribution in [0.3, 0.4) is 0 Å². The zero-order chi connectivity index (χ0) is 29.2. The van der Waals surface area contributed by atoms with E-state index in [2.05, 4.69) is 15.8 Å². The molecule has 3 aromatic rings. The molecule has 1 atom stereocenters. The third-order valence-corrected chi connectivity index (χ3v) is 7.63. The van der Waals surface area contributed by atoms with E-state index in [1.165, 1.54) is 22.7 Å². The maximum Gasteiger partial charge on any atom is 0.271 e. The van der Waals surface area contributed by atoms with Crippen LogP contribution in [0.2, 0.25) is 5.02 Å². The number of carbonyl (C=O) groups is 2. The second-order valence-electron chi connectivity index (χ2n) is 9.44. The van der Waals surface area contributed by atoms with Crippen molar-refractivity contribution < 1.29 is 27.5 Å². The zero-order valence-corrected chi connectivity index (χ0v) is 24.0. The van der Waals surface area contributed by atoms with Gasteiger partial charge in [-0.05, 0) is 84.6 Å². The van der Waals surface area contributed by atoms with Crippen LogP contribution in [0.4, 0.5) is 5.69 Å². The van der Waals surface area contributed by atoms with Gasteiger partial charge in [-0.1, -0.05) is 23.7 Å². The van der Waals surface area contributed by atoms with Crippen LogP contribution in [0.15, 0.2) is 77.9 Å². The first kappa shape index (κ1) is 30.0. The van der Waals surface area contributed by atoms with Crippen molar-refractivity contribution in [2.24, 2.45) is 5.10 Å². The van der Waals surface area contributed by atoms with Gasteiger partial charge in [0.15, 0.2) is 6.61 Å². The molecule has 1 aliphatic rings. The normalized spacial score (nSPS) is 15.0. The van der Waals surface area contributed by atoms with Crippen molar-refractivity contribution in [3.8, 4) is 5.75 Å². The number of hydrogen-bond donors (Lipinski definition) is 2. The number of ether oxygens (including phenoxy) is 2. The zero-order valence-electron chi connectivity index (χ0n) is 22.5. The van der Waals surface area contributed by atoms with E-state index in [9.17, 15) is 18.0 Å². The predicted molar refractivity (Wildman–Crippen MR) is 158 cm³/mol. The highest BCUT2D eigenvalue weighted by molar-refractivity contribution is 7.92. The van der Waals surface area contributed by atoms with E-state index in [-0.39, 0.29) is 25.2 Å². The van der Waals surface area contributed by atoms with Gasteiger partial charge in [0.2, 0.25) is 10.0 Å². The minimum atomic E-state index is -3.58. The third-order valence-electron chi connectivity index (χ3n) is 6.24. The minimum absolute atomic E-state index is 0.0772. The number of amides is 2. The van der Waals surface area contributed by atoms with E-state index >= 15 is 0 Å². The number of carbonyl (C=O) groups excluding carboxylic acids is 2. The summed E-state index contributed by atoms with van der Waals surface area (Å²) in [7, 11) is -3.58. The lowest BCUT2D eigenvalue weighted by Gasteiger charge is -2.22. The van der Waals surface area contributed by atoms with Gasteiger partial charge in [0.05, 0.1) is 30.8 Å². The van der Waals surface area contributed by atoms with E-state index in [1.807, 2.05) is 0 Å². The molecule has 0 radical (unpaired) electrons. The number of nitrogens with zero attached hydrogens (tertiary/aromatic N) is 2. The second-order valence-corrected chi connectivity index (χ2v) is 11.8. The number of sulfonamides is 1. The lowest BCUT2D eigenvalue weighted by atomic mass is 10.2. The molecule has 1 fully saturated rings. The van der Waals surface area contributed by atoms with Crippen LogP contribution in [-0.4, -0.2) is 58.6 Å². The molecular weight excluding hydrogens is 568 g/mol. The molecule has 0 aliphatic carbocycles. The van der Waals surface area contributed by atoms with Crippen molar-refractivity contribution in [2.75, 3.05) is 30.3 Å². The Morgan fingerprint density at radius 1 is 1.07 bits per heavy atom. The molecule has 0 bridgehead atoms. The first-order valence-electron chi connectivity index (χ1n) is 12.9. The molecule has 10 nitrogen and oxygen atoms in total. The lowest BCUT2D eigenvalue weighted by Crippen LogP contribution is -2.35. The third kappa shape index (κ3) is 9.31. The van der Waals surface area contributed by atoms with Crippen LogP contribution in [0.1, 0.15) is 34.3 Å². The van der Waals surface area contributed by atoms with Crippen molar-refractivity contribution in [1.82, 2.24) is 10.7 Å². The highest BCUT2D eigenvalue weighted by Crippen LogP contribution is 2.22. The number of anilines is 1. The van der Waals surface area contributed by atoms with Crippen LogP contribution >= 0.6 is 11.6 Å². The molecule has 4 rings (SSSR count). The number of halogens is 1. The van der Waals surface area contributed by atoms with E-state index in [4.69, 9.17) is 21.1 Å². The van der Waals surface area contributed by atoms with Crippen LogP contribution in [0.25, 0.3) is 0 Å². The summed E-state index contributed by atoms with van der Waals surface area (Å²) < 4.78 is 37.1. The molecule has 1 heterocycles. The van der Waals surface area contributed by atoms with Crippen LogP contribution in [0.5, 0.6) is 5.75 Å². The molecule has 0 spiro atoms. The maximum absolute atomic E-state index is 12.5. The molecule has 12 heteroatoms. The van der Waals surface area contributed by atoms with Crippen molar-refractivity contribution in [3.05, 3.63) is 94.5 Å². The summed E-state index contributed by atoms with van der Waals surface area (Å²) in [6.45, 7) is 1.25. The minimum Gasteiger partial charge on any atom is -0.484 e. The lowest BCUT2D eigenvalue weighted by molar-refractivity contribution is -0.123. The molecular formula is C29H31ClN4O6S. The van der Waals surface area contributed by atoms with Gasteiger partial charge in [-0.15, -0.1) is 0 Å². The SMILES string of the molecule is CS(=O)(=O)N(Cc1ccc(Cl)cc1)c1ccc(C(=O)N/N=C\c2ccc(OCC(=O)NC[C@H]3CCCO3)cc2)cc1. The molecule has 41 heavy (non-hydrogen) atoms. The number of rotatable bonds is 12. The Morgan fingerprint density at radius 2 is 1.78 bits per heavy atom. The van der Waals surface area contributed by atoms with Crippen LogP contribution in [0, 0.1) is 0 Å². The highest BCUT2D eigenvalue weighted by Gasteiger charge is 2.19. The number of nitrogens with one attached hydrogen (secondary N) is 2. The highest BCUT2D eigenvalue weighted by atomic mass is 35.5. The van der Waals surface area contributed by atoms with E-state index < -0.39 is 15.9 Å². The topological polar surface area (TPSA) is 126 Å². The fraction of sp³-hybridized carbons (Fsp3) is 0.276. The Bertz CT molecular complexity index is 1460. The predicted octanol–water partition coefficient (Wildman–Crippen LogP) is 3.74. The first-order chi connectivity index (χ1) is 19.7. The van der Waals surface area contributed by atoms with Crippen molar-refractivity contribution in [2.45, 2.75) is 25.5 Å². The molecule has 2 amide bonds. The van der Waals surface area contributed by atoms with Gasteiger partial charge in [0.25, 0.3) is 11.8 Å². The first-order valence-corrected chi connectivity index (χ1v) is 15.2. The van der Waals surface area contributed by atoms with Gasteiger partial charge >= 0.3 is 0 Å². The number of benzene rings is 3. The molecule has 1 aliphatic heterocycles. The Labute approximate surface area is 244 Å². The van der Waals surface area contributed by atoms with Crippen LogP contribution < -0.4 is 19.8 Å². The van der Waals surface area contributed by atoms with Gasteiger partial charge in [-0.25, -0.2) is 13.8 Å². The van der Waals surface area contributed by atoms with Crippen molar-refractivity contribution >= 4 is 45.3 Å². The number of hydrogen-bond acceptors (Lipinski definition) is 7.